The van der Waals surface area contributed by atoms with Gasteiger partial charge in [0.25, 0.3) is 0 Å². The van der Waals surface area contributed by atoms with Crippen LogP contribution in [0.2, 0.25) is 0 Å². The number of carboxylic acids is 1. The zero-order valence-corrected chi connectivity index (χ0v) is 13.7. The lowest BCUT2D eigenvalue weighted by atomic mass is 10.2. The highest BCUT2D eigenvalue weighted by Gasteiger charge is 2.11. The molecule has 0 amide bonds. The van der Waals surface area contributed by atoms with Crippen molar-refractivity contribution in [1.82, 2.24) is 24.5 Å². The van der Waals surface area contributed by atoms with E-state index >= 15 is 0 Å². The van der Waals surface area contributed by atoms with Gasteiger partial charge in [0.1, 0.15) is 0 Å². The van der Waals surface area contributed by atoms with Gasteiger partial charge in [0.05, 0.1) is 23.3 Å². The minimum atomic E-state index is -0.998. The normalized spacial score (nSPS) is 11.9. The van der Waals surface area contributed by atoms with Gasteiger partial charge in [-0.3, -0.25) is 4.98 Å². The molecule has 2 N–H and O–H groups in total. The Balaban J connectivity index is 1.79. The lowest BCUT2D eigenvalue weighted by Gasteiger charge is -2.17. The summed E-state index contributed by atoms with van der Waals surface area (Å²) in [6.07, 6.45) is 9.39. The van der Waals surface area contributed by atoms with Gasteiger partial charge in [0, 0.05) is 37.4 Å². The highest BCUT2D eigenvalue weighted by atomic mass is 16.4. The fraction of sp³-hybridized carbons (Fsp3) is 0.235. The fourth-order valence-electron chi connectivity index (χ4n) is 2.38. The standard InChI is InChI=1S/C17H18N6O2/c1-2-13(10-23-8-7-18-11-23)21-17-20-6-4-14(22-17)15-9-12(16(24)25)3-5-19-15/h3-9,11,13H,2,10H2,1H3,(H,24,25)(H,20,21,22)/t13-/m1/s1. The van der Waals surface area contributed by atoms with Crippen LogP contribution in [0.4, 0.5) is 5.95 Å². The third kappa shape index (κ3) is 4.17. The van der Waals surface area contributed by atoms with Gasteiger partial charge in [0.2, 0.25) is 5.95 Å². The van der Waals surface area contributed by atoms with Crippen molar-refractivity contribution in [3.05, 3.63) is 54.9 Å². The molecule has 3 aromatic heterocycles. The summed E-state index contributed by atoms with van der Waals surface area (Å²) in [5, 5.41) is 12.4. The Labute approximate surface area is 144 Å². The summed E-state index contributed by atoms with van der Waals surface area (Å²) in [5.41, 5.74) is 1.23. The Morgan fingerprint density at radius 2 is 2.08 bits per heavy atom. The SMILES string of the molecule is CC[C@H](Cn1ccnc1)Nc1nccc(-c2cc(C(=O)O)ccn2)n1. The number of nitrogens with one attached hydrogen (secondary N) is 1. The lowest BCUT2D eigenvalue weighted by Crippen LogP contribution is -2.25. The molecule has 0 aliphatic carbocycles. The van der Waals surface area contributed by atoms with Crippen LogP contribution in [-0.2, 0) is 6.54 Å². The van der Waals surface area contributed by atoms with Crippen molar-refractivity contribution in [2.24, 2.45) is 0 Å². The number of hydrogen-bond donors (Lipinski definition) is 2. The molecule has 0 bridgehead atoms. The molecule has 1 atom stereocenters. The Bertz CT molecular complexity index is 850. The second-order valence-corrected chi connectivity index (χ2v) is 5.51. The van der Waals surface area contributed by atoms with Gasteiger partial charge in [-0.2, -0.15) is 0 Å². The van der Waals surface area contributed by atoms with Crippen LogP contribution in [0.3, 0.4) is 0 Å². The first-order chi connectivity index (χ1) is 12.2. The Morgan fingerprint density at radius 3 is 2.80 bits per heavy atom. The van der Waals surface area contributed by atoms with Gasteiger partial charge in [-0.1, -0.05) is 6.92 Å². The number of aromatic carboxylic acids is 1. The molecule has 0 aliphatic heterocycles. The van der Waals surface area contributed by atoms with E-state index in [1.54, 1.807) is 24.8 Å². The second kappa shape index (κ2) is 7.52. The number of aromatic nitrogens is 5. The van der Waals surface area contributed by atoms with Gasteiger partial charge in [-0.05, 0) is 24.6 Å². The molecule has 3 aromatic rings. The molecule has 25 heavy (non-hydrogen) atoms. The molecule has 3 heterocycles. The molecular weight excluding hydrogens is 320 g/mol. The van der Waals surface area contributed by atoms with Crippen molar-refractivity contribution in [3.63, 3.8) is 0 Å². The maximum Gasteiger partial charge on any atom is 0.335 e. The number of rotatable bonds is 7. The van der Waals surface area contributed by atoms with Crippen molar-refractivity contribution in [1.29, 1.82) is 0 Å². The molecule has 0 saturated heterocycles. The number of anilines is 1. The third-order valence-corrected chi connectivity index (χ3v) is 3.74. The van der Waals surface area contributed by atoms with Gasteiger partial charge in [-0.15, -0.1) is 0 Å². The summed E-state index contributed by atoms with van der Waals surface area (Å²) in [5.74, 6) is -0.519. The molecular formula is C17H18N6O2. The quantitative estimate of drug-likeness (QED) is 0.681. The first-order valence-electron chi connectivity index (χ1n) is 7.90. The lowest BCUT2D eigenvalue weighted by molar-refractivity contribution is 0.0697. The van der Waals surface area contributed by atoms with Crippen molar-refractivity contribution in [2.75, 3.05) is 5.32 Å². The van der Waals surface area contributed by atoms with Crippen LogP contribution in [0.15, 0.2) is 49.3 Å². The summed E-state index contributed by atoms with van der Waals surface area (Å²) < 4.78 is 1.99. The zero-order chi connectivity index (χ0) is 17.6. The minimum Gasteiger partial charge on any atom is -0.478 e. The van der Waals surface area contributed by atoms with Crippen LogP contribution in [-0.4, -0.2) is 41.6 Å². The number of imidazole rings is 1. The summed E-state index contributed by atoms with van der Waals surface area (Å²) >= 11 is 0. The first kappa shape index (κ1) is 16.6. The average molecular weight is 338 g/mol. The van der Waals surface area contributed by atoms with Crippen molar-refractivity contribution in [3.8, 4) is 11.4 Å². The maximum absolute atomic E-state index is 11.1. The summed E-state index contributed by atoms with van der Waals surface area (Å²) in [4.78, 5) is 28.1. The Morgan fingerprint density at radius 1 is 1.24 bits per heavy atom. The molecule has 0 spiro atoms. The monoisotopic (exact) mass is 338 g/mol. The smallest absolute Gasteiger partial charge is 0.335 e. The van der Waals surface area contributed by atoms with E-state index in [1.807, 2.05) is 10.8 Å². The van der Waals surface area contributed by atoms with E-state index < -0.39 is 5.97 Å². The van der Waals surface area contributed by atoms with Crippen LogP contribution < -0.4 is 5.32 Å². The summed E-state index contributed by atoms with van der Waals surface area (Å²) in [7, 11) is 0. The second-order valence-electron chi connectivity index (χ2n) is 5.51. The number of pyridine rings is 1. The molecule has 0 radical (unpaired) electrons. The summed E-state index contributed by atoms with van der Waals surface area (Å²) in [6, 6.07) is 4.79. The number of carboxylic acid groups (broad SMARTS) is 1. The predicted molar refractivity (Wildman–Crippen MR) is 92.2 cm³/mol. The van der Waals surface area contributed by atoms with E-state index in [0.717, 1.165) is 13.0 Å². The molecule has 8 nitrogen and oxygen atoms in total. The van der Waals surface area contributed by atoms with E-state index in [4.69, 9.17) is 5.11 Å². The van der Waals surface area contributed by atoms with Crippen molar-refractivity contribution < 1.29 is 9.90 Å². The van der Waals surface area contributed by atoms with Crippen molar-refractivity contribution in [2.45, 2.75) is 25.9 Å². The van der Waals surface area contributed by atoms with Gasteiger partial charge in [0.15, 0.2) is 0 Å². The van der Waals surface area contributed by atoms with Crippen molar-refractivity contribution >= 4 is 11.9 Å². The number of carbonyl (C=O) groups is 1. The van der Waals surface area contributed by atoms with Crippen LogP contribution in [0.5, 0.6) is 0 Å². The summed E-state index contributed by atoms with van der Waals surface area (Å²) in [6.45, 7) is 2.83. The van der Waals surface area contributed by atoms with Crippen LogP contribution in [0.1, 0.15) is 23.7 Å². The van der Waals surface area contributed by atoms with E-state index in [9.17, 15) is 4.79 Å². The fourth-order valence-corrected chi connectivity index (χ4v) is 2.38. The highest BCUT2D eigenvalue weighted by Crippen LogP contribution is 2.17. The molecule has 0 fully saturated rings. The van der Waals surface area contributed by atoms with E-state index in [2.05, 4.69) is 32.2 Å². The molecule has 3 rings (SSSR count). The first-order valence-corrected chi connectivity index (χ1v) is 7.90. The predicted octanol–water partition coefficient (Wildman–Crippen LogP) is 2.32. The third-order valence-electron chi connectivity index (χ3n) is 3.74. The van der Waals surface area contributed by atoms with Gasteiger partial charge >= 0.3 is 5.97 Å². The molecule has 128 valence electrons. The van der Waals surface area contributed by atoms with Crippen LogP contribution in [0, 0.1) is 0 Å². The van der Waals surface area contributed by atoms with Crippen LogP contribution in [0.25, 0.3) is 11.4 Å². The van der Waals surface area contributed by atoms with E-state index in [1.165, 1.54) is 18.3 Å². The molecule has 0 aliphatic rings. The van der Waals surface area contributed by atoms with E-state index in [0.29, 0.717) is 17.3 Å². The largest absolute Gasteiger partial charge is 0.478 e. The Hall–Kier alpha value is -3.29. The van der Waals surface area contributed by atoms with Gasteiger partial charge < -0.3 is 15.0 Å². The van der Waals surface area contributed by atoms with E-state index in [-0.39, 0.29) is 11.6 Å². The number of nitrogens with zero attached hydrogens (tertiary/aromatic N) is 5. The number of hydrogen-bond acceptors (Lipinski definition) is 6. The zero-order valence-electron chi connectivity index (χ0n) is 13.7. The molecule has 0 aromatic carbocycles. The average Bonchev–Trinajstić information content (AvgIpc) is 3.14. The molecule has 0 unspecified atom stereocenters. The molecule has 0 saturated carbocycles. The molecule has 8 heteroatoms. The topological polar surface area (TPSA) is 106 Å². The highest BCUT2D eigenvalue weighted by molar-refractivity contribution is 5.88. The van der Waals surface area contributed by atoms with Crippen LogP contribution >= 0.6 is 0 Å². The maximum atomic E-state index is 11.1. The van der Waals surface area contributed by atoms with Gasteiger partial charge in [-0.25, -0.2) is 19.7 Å². The Kier molecular flexibility index (Phi) is 4.98. The minimum absolute atomic E-state index is 0.141.